The largest absolute Gasteiger partial charge is 0.478 e. The Morgan fingerprint density at radius 3 is 2.96 bits per heavy atom. The summed E-state index contributed by atoms with van der Waals surface area (Å²) in [4.78, 5) is 42.5. The van der Waals surface area contributed by atoms with Gasteiger partial charge in [-0.3, -0.25) is 14.2 Å². The molecule has 8 heteroatoms. The predicted molar refractivity (Wildman–Crippen MR) is 106 cm³/mol. The molecule has 1 aromatic carbocycles. The molecule has 3 heterocycles. The number of fused-ring (bicyclic) bond motifs is 1. The first-order chi connectivity index (χ1) is 13.5. The number of carboxylic acid groups (broad SMARTS) is 1. The average molecular weight is 397 g/mol. The first-order valence-corrected chi connectivity index (χ1v) is 9.94. The lowest BCUT2D eigenvalue weighted by molar-refractivity contribution is -0.133. The number of aromatic carboxylic acids is 1. The summed E-state index contributed by atoms with van der Waals surface area (Å²) < 4.78 is 1.91. The summed E-state index contributed by atoms with van der Waals surface area (Å²) in [5.74, 6) is -0.994. The fourth-order valence-corrected chi connectivity index (χ4v) is 4.43. The number of benzene rings is 1. The molecule has 0 bridgehead atoms. The van der Waals surface area contributed by atoms with E-state index < -0.39 is 5.97 Å². The molecule has 1 fully saturated rings. The van der Waals surface area contributed by atoms with Gasteiger partial charge in [-0.1, -0.05) is 12.1 Å². The number of carbonyl (C=O) groups excluding carboxylic acids is 1. The van der Waals surface area contributed by atoms with Crippen molar-refractivity contribution in [3.63, 3.8) is 0 Å². The van der Waals surface area contributed by atoms with Crippen molar-refractivity contribution >= 4 is 33.4 Å². The molecule has 1 aliphatic heterocycles. The molecular formula is C20H19N3O4S. The summed E-state index contributed by atoms with van der Waals surface area (Å²) in [7, 11) is 0. The van der Waals surface area contributed by atoms with Crippen LogP contribution in [0, 0.1) is 0 Å². The molecule has 1 N–H and O–H groups in total. The number of carboxylic acids is 1. The van der Waals surface area contributed by atoms with E-state index in [1.54, 1.807) is 29.2 Å². The number of carbonyl (C=O) groups is 2. The van der Waals surface area contributed by atoms with Gasteiger partial charge in [0.05, 0.1) is 17.4 Å². The maximum atomic E-state index is 12.8. The molecule has 1 atom stereocenters. The maximum Gasteiger partial charge on any atom is 0.335 e. The molecule has 4 rings (SSSR count). The Morgan fingerprint density at radius 2 is 2.14 bits per heavy atom. The van der Waals surface area contributed by atoms with Crippen molar-refractivity contribution in [3.8, 4) is 0 Å². The number of likely N-dealkylation sites (tertiary alicyclic amines) is 1. The van der Waals surface area contributed by atoms with Gasteiger partial charge < -0.3 is 10.0 Å². The van der Waals surface area contributed by atoms with Gasteiger partial charge in [-0.05, 0) is 42.0 Å². The third-order valence-electron chi connectivity index (χ3n) is 5.12. The average Bonchev–Trinajstić information content (AvgIpc) is 3.20. The van der Waals surface area contributed by atoms with E-state index >= 15 is 0 Å². The number of nitrogens with zero attached hydrogens (tertiary/aromatic N) is 3. The van der Waals surface area contributed by atoms with Crippen molar-refractivity contribution in [1.29, 1.82) is 0 Å². The second-order valence-electron chi connectivity index (χ2n) is 6.92. The Labute approximate surface area is 164 Å². The van der Waals surface area contributed by atoms with E-state index in [4.69, 9.17) is 0 Å². The molecule has 1 amide bonds. The van der Waals surface area contributed by atoms with Gasteiger partial charge in [-0.25, -0.2) is 9.78 Å². The number of hydrogen-bond acceptors (Lipinski definition) is 5. The molecule has 1 saturated heterocycles. The van der Waals surface area contributed by atoms with Gasteiger partial charge in [-0.2, -0.15) is 0 Å². The van der Waals surface area contributed by atoms with Gasteiger partial charge in [-0.15, -0.1) is 11.3 Å². The fourth-order valence-electron chi connectivity index (χ4n) is 3.64. The molecule has 0 aliphatic carbocycles. The Balaban J connectivity index is 1.50. The minimum atomic E-state index is -0.957. The summed E-state index contributed by atoms with van der Waals surface area (Å²) in [6.07, 6.45) is 3.16. The van der Waals surface area contributed by atoms with Crippen molar-refractivity contribution in [2.75, 3.05) is 13.1 Å². The zero-order valence-electron chi connectivity index (χ0n) is 15.1. The highest BCUT2D eigenvalue weighted by Gasteiger charge is 2.25. The van der Waals surface area contributed by atoms with Crippen molar-refractivity contribution in [2.45, 2.75) is 25.3 Å². The second kappa shape index (κ2) is 7.55. The monoisotopic (exact) mass is 397 g/mol. The molecule has 28 heavy (non-hydrogen) atoms. The van der Waals surface area contributed by atoms with Crippen molar-refractivity contribution in [3.05, 3.63) is 63.5 Å². The van der Waals surface area contributed by atoms with Crippen LogP contribution in [0.5, 0.6) is 0 Å². The Hall–Kier alpha value is -3.00. The molecule has 7 nitrogen and oxygen atoms in total. The van der Waals surface area contributed by atoms with Gasteiger partial charge >= 0.3 is 5.97 Å². The first kappa shape index (κ1) is 18.4. The molecular weight excluding hydrogens is 378 g/mol. The van der Waals surface area contributed by atoms with E-state index in [2.05, 4.69) is 4.98 Å². The molecule has 1 unspecified atom stereocenters. The highest BCUT2D eigenvalue weighted by Crippen LogP contribution is 2.27. The first-order valence-electron chi connectivity index (χ1n) is 9.06. The van der Waals surface area contributed by atoms with E-state index in [9.17, 15) is 19.5 Å². The molecule has 3 aromatic rings. The second-order valence-corrected chi connectivity index (χ2v) is 7.84. The van der Waals surface area contributed by atoms with Crippen LogP contribution in [0.25, 0.3) is 10.2 Å². The zero-order valence-corrected chi connectivity index (χ0v) is 15.9. The van der Waals surface area contributed by atoms with Gasteiger partial charge in [0.2, 0.25) is 5.91 Å². The van der Waals surface area contributed by atoms with Crippen LogP contribution < -0.4 is 5.56 Å². The standard InChI is InChI=1S/C20H19N3O4S/c24-17(11-23-12-21-16-6-8-28-18(16)19(23)25)22-7-2-5-15(10-22)13-3-1-4-14(9-13)20(26)27/h1,3-4,6,8-9,12,15H,2,5,7,10-11H2,(H,26,27). The quantitative estimate of drug-likeness (QED) is 0.730. The smallest absolute Gasteiger partial charge is 0.335 e. The number of thiophene rings is 1. The van der Waals surface area contributed by atoms with Crippen LogP contribution >= 0.6 is 11.3 Å². The SMILES string of the molecule is O=C(O)c1cccc(C2CCCN(C(=O)Cn3cnc4ccsc4c3=O)C2)c1. The van der Waals surface area contributed by atoms with E-state index in [1.165, 1.54) is 22.2 Å². The molecule has 0 radical (unpaired) electrons. The molecule has 2 aromatic heterocycles. The minimum absolute atomic E-state index is 0.0401. The summed E-state index contributed by atoms with van der Waals surface area (Å²) in [6, 6.07) is 8.68. The van der Waals surface area contributed by atoms with Crippen molar-refractivity contribution in [1.82, 2.24) is 14.5 Å². The van der Waals surface area contributed by atoms with E-state index in [1.807, 2.05) is 11.4 Å². The Bertz CT molecular complexity index is 1100. The Kier molecular flexibility index (Phi) is 4.95. The van der Waals surface area contributed by atoms with Gasteiger partial charge in [0.15, 0.2) is 0 Å². The van der Waals surface area contributed by atoms with Crippen LogP contribution in [0.1, 0.15) is 34.7 Å². The molecule has 1 aliphatic rings. The molecule has 0 saturated carbocycles. The number of rotatable bonds is 4. The third-order valence-corrected chi connectivity index (χ3v) is 6.01. The lowest BCUT2D eigenvalue weighted by Gasteiger charge is -2.33. The predicted octanol–water partition coefficient (Wildman–Crippen LogP) is 2.56. The number of piperidine rings is 1. The van der Waals surface area contributed by atoms with Crippen LogP contribution in [-0.2, 0) is 11.3 Å². The third kappa shape index (κ3) is 3.55. The van der Waals surface area contributed by atoms with Gasteiger partial charge in [0.1, 0.15) is 11.2 Å². The lowest BCUT2D eigenvalue weighted by Crippen LogP contribution is -2.42. The van der Waals surface area contributed by atoms with Crippen LogP contribution in [0.15, 0.2) is 46.8 Å². The van der Waals surface area contributed by atoms with Crippen LogP contribution in [0.2, 0.25) is 0 Å². The minimum Gasteiger partial charge on any atom is -0.478 e. The molecule has 0 spiro atoms. The molecule has 144 valence electrons. The summed E-state index contributed by atoms with van der Waals surface area (Å²) in [5, 5.41) is 11.0. The maximum absolute atomic E-state index is 12.8. The van der Waals surface area contributed by atoms with Crippen molar-refractivity contribution in [2.24, 2.45) is 0 Å². The number of hydrogen-bond donors (Lipinski definition) is 1. The summed E-state index contributed by atoms with van der Waals surface area (Å²) in [6.45, 7) is 1.12. The van der Waals surface area contributed by atoms with Crippen molar-refractivity contribution < 1.29 is 14.7 Å². The van der Waals surface area contributed by atoms with Crippen LogP contribution in [0.4, 0.5) is 0 Å². The number of amides is 1. The Morgan fingerprint density at radius 1 is 1.29 bits per heavy atom. The lowest BCUT2D eigenvalue weighted by atomic mass is 9.89. The van der Waals surface area contributed by atoms with Crippen LogP contribution in [-0.4, -0.2) is 44.5 Å². The van der Waals surface area contributed by atoms with Gasteiger partial charge in [0, 0.05) is 19.0 Å². The van der Waals surface area contributed by atoms with Crippen LogP contribution in [0.3, 0.4) is 0 Å². The van der Waals surface area contributed by atoms with Gasteiger partial charge in [0.25, 0.3) is 5.56 Å². The van der Waals surface area contributed by atoms with E-state index in [-0.39, 0.29) is 29.5 Å². The number of aromatic nitrogens is 2. The topological polar surface area (TPSA) is 92.5 Å². The highest BCUT2D eigenvalue weighted by molar-refractivity contribution is 7.17. The van der Waals surface area contributed by atoms with E-state index in [0.717, 1.165) is 18.4 Å². The normalized spacial score (nSPS) is 17.0. The fraction of sp³-hybridized carbons (Fsp3) is 0.300. The summed E-state index contributed by atoms with van der Waals surface area (Å²) in [5.41, 5.74) is 1.63. The zero-order chi connectivity index (χ0) is 19.7. The van der Waals surface area contributed by atoms with E-state index in [0.29, 0.717) is 23.3 Å². The highest BCUT2D eigenvalue weighted by atomic mass is 32.1. The summed E-state index contributed by atoms with van der Waals surface area (Å²) >= 11 is 1.32.